The molecule has 1 aromatic rings. The van der Waals surface area contributed by atoms with Gasteiger partial charge in [0.05, 0.1) is 12.9 Å². The van der Waals surface area contributed by atoms with Crippen molar-refractivity contribution in [3.8, 4) is 0 Å². The van der Waals surface area contributed by atoms with Gasteiger partial charge >= 0.3 is 5.97 Å². The Kier molecular flexibility index (Phi) is 6.59. The van der Waals surface area contributed by atoms with E-state index in [1.807, 2.05) is 6.92 Å². The maximum Gasteiger partial charge on any atom is 0.356 e. The van der Waals surface area contributed by atoms with Crippen LogP contribution in [0, 0.1) is 0 Å². The number of hydrogen-bond donors (Lipinski definition) is 2. The van der Waals surface area contributed by atoms with Gasteiger partial charge in [-0.15, -0.1) is 0 Å². The number of carbonyl (C=O) groups excluding carboxylic acids is 1. The molecule has 2 N–H and O–H groups in total. The van der Waals surface area contributed by atoms with Crippen molar-refractivity contribution in [2.24, 2.45) is 0 Å². The number of nitrogens with zero attached hydrogens (tertiary/aromatic N) is 2. The molecule has 0 spiro atoms. The molecule has 1 amide bonds. The van der Waals surface area contributed by atoms with Crippen molar-refractivity contribution in [1.82, 2.24) is 14.9 Å². The molecule has 0 unspecified atom stereocenters. The number of carboxylic acids is 1. The lowest BCUT2D eigenvalue weighted by Crippen LogP contribution is -2.27. The minimum absolute atomic E-state index is 0.000655. The van der Waals surface area contributed by atoms with Crippen molar-refractivity contribution in [3.05, 3.63) is 18.2 Å². The quantitative estimate of drug-likeness (QED) is 0.637. The van der Waals surface area contributed by atoms with Gasteiger partial charge in [0.25, 0.3) is 0 Å². The smallest absolute Gasteiger partial charge is 0.356 e. The molecule has 7 heteroatoms. The van der Waals surface area contributed by atoms with Crippen LogP contribution in [-0.2, 0) is 16.1 Å². The Bertz CT molecular complexity index is 417. The second-order valence-corrected chi connectivity index (χ2v) is 4.01. The van der Waals surface area contributed by atoms with Gasteiger partial charge in [-0.05, 0) is 6.42 Å². The summed E-state index contributed by atoms with van der Waals surface area (Å²) < 4.78 is 6.83. The molecule has 1 rings (SSSR count). The molecule has 0 saturated carbocycles. The summed E-state index contributed by atoms with van der Waals surface area (Å²) in [6.45, 7) is 4.02. The van der Waals surface area contributed by atoms with Crippen LogP contribution in [0.25, 0.3) is 0 Å². The molecule has 0 fully saturated rings. The summed E-state index contributed by atoms with van der Waals surface area (Å²) in [4.78, 5) is 25.7. The molecule has 7 nitrogen and oxygen atoms in total. The Morgan fingerprint density at radius 1 is 1.47 bits per heavy atom. The predicted octanol–water partition coefficient (Wildman–Crippen LogP) is 0.514. The minimum atomic E-state index is -1.06. The van der Waals surface area contributed by atoms with Crippen LogP contribution >= 0.6 is 0 Å². The maximum atomic E-state index is 11.4. The van der Waals surface area contributed by atoms with E-state index in [4.69, 9.17) is 9.84 Å². The second-order valence-electron chi connectivity index (χ2n) is 4.01. The van der Waals surface area contributed by atoms with Crippen LogP contribution in [-0.4, -0.2) is 46.3 Å². The number of hydrogen-bond acceptors (Lipinski definition) is 4. The van der Waals surface area contributed by atoms with Crippen molar-refractivity contribution in [3.63, 3.8) is 0 Å². The van der Waals surface area contributed by atoms with Crippen LogP contribution in [0.2, 0.25) is 0 Å². The summed E-state index contributed by atoms with van der Waals surface area (Å²) in [7, 11) is 0. The molecule has 0 atom stereocenters. The summed E-state index contributed by atoms with van der Waals surface area (Å²) in [6.07, 6.45) is 4.14. The van der Waals surface area contributed by atoms with Crippen molar-refractivity contribution >= 4 is 11.9 Å². The van der Waals surface area contributed by atoms with Gasteiger partial charge in [-0.1, -0.05) is 6.92 Å². The Morgan fingerprint density at radius 2 is 2.26 bits per heavy atom. The summed E-state index contributed by atoms with van der Waals surface area (Å²) in [5, 5.41) is 11.4. The molecule has 19 heavy (non-hydrogen) atoms. The Labute approximate surface area is 111 Å². The third kappa shape index (κ3) is 6.01. The summed E-state index contributed by atoms with van der Waals surface area (Å²) >= 11 is 0. The average Bonchev–Trinajstić information content (AvgIpc) is 2.84. The topological polar surface area (TPSA) is 93.5 Å². The number of nitrogens with one attached hydrogen (secondary N) is 1. The van der Waals surface area contributed by atoms with Crippen LogP contribution in [0.15, 0.2) is 12.5 Å². The van der Waals surface area contributed by atoms with Gasteiger partial charge in [0.2, 0.25) is 5.91 Å². The van der Waals surface area contributed by atoms with Crippen LogP contribution in [0.1, 0.15) is 30.3 Å². The Morgan fingerprint density at radius 3 is 2.89 bits per heavy atom. The molecule has 106 valence electrons. The van der Waals surface area contributed by atoms with Crippen molar-refractivity contribution < 1.29 is 19.4 Å². The number of carbonyl (C=O) groups is 2. The predicted molar refractivity (Wildman–Crippen MR) is 67.9 cm³/mol. The van der Waals surface area contributed by atoms with Gasteiger partial charge in [0, 0.05) is 32.3 Å². The minimum Gasteiger partial charge on any atom is -0.476 e. The van der Waals surface area contributed by atoms with Gasteiger partial charge in [-0.2, -0.15) is 0 Å². The first-order valence-corrected chi connectivity index (χ1v) is 6.23. The Balaban J connectivity index is 2.15. The van der Waals surface area contributed by atoms with Crippen molar-refractivity contribution in [2.45, 2.75) is 26.3 Å². The standard InChI is InChI=1S/C12H19N3O4/c1-2-6-19-7-3-11(16)13-4-5-15-8-10(12(17)18)14-9-15/h8-9H,2-7H2,1H3,(H,13,16)(H,17,18). The van der Waals surface area contributed by atoms with Crippen LogP contribution in [0.4, 0.5) is 0 Å². The van der Waals surface area contributed by atoms with Crippen molar-refractivity contribution in [1.29, 1.82) is 0 Å². The molecular weight excluding hydrogens is 250 g/mol. The SMILES string of the molecule is CCCOCCC(=O)NCCn1cnc(C(=O)O)c1. The molecule has 0 aliphatic rings. The summed E-state index contributed by atoms with van der Waals surface area (Å²) in [6, 6.07) is 0. The van der Waals surface area contributed by atoms with Gasteiger partial charge in [0.1, 0.15) is 0 Å². The van der Waals surface area contributed by atoms with E-state index < -0.39 is 5.97 Å². The van der Waals surface area contributed by atoms with Crippen LogP contribution in [0.3, 0.4) is 0 Å². The first kappa shape index (κ1) is 15.2. The zero-order valence-electron chi connectivity index (χ0n) is 11.0. The highest BCUT2D eigenvalue weighted by molar-refractivity contribution is 5.84. The summed E-state index contributed by atoms with van der Waals surface area (Å²) in [5.41, 5.74) is -0.000655. The largest absolute Gasteiger partial charge is 0.476 e. The number of carboxylic acid groups (broad SMARTS) is 1. The van der Waals surface area contributed by atoms with Crippen molar-refractivity contribution in [2.75, 3.05) is 19.8 Å². The van der Waals surface area contributed by atoms with Gasteiger partial charge in [-0.25, -0.2) is 9.78 Å². The van der Waals surface area contributed by atoms with E-state index >= 15 is 0 Å². The molecule has 0 radical (unpaired) electrons. The molecule has 0 aliphatic carbocycles. The number of aromatic carboxylic acids is 1. The number of imidazole rings is 1. The van der Waals surface area contributed by atoms with Gasteiger partial charge in [-0.3, -0.25) is 4.79 Å². The highest BCUT2D eigenvalue weighted by atomic mass is 16.5. The number of amides is 1. The fourth-order valence-corrected chi connectivity index (χ4v) is 1.42. The van der Waals surface area contributed by atoms with E-state index in [9.17, 15) is 9.59 Å². The van der Waals surface area contributed by atoms with E-state index in [0.717, 1.165) is 6.42 Å². The van der Waals surface area contributed by atoms with E-state index in [0.29, 0.717) is 32.7 Å². The first-order valence-electron chi connectivity index (χ1n) is 6.23. The monoisotopic (exact) mass is 269 g/mol. The average molecular weight is 269 g/mol. The summed E-state index contributed by atoms with van der Waals surface area (Å²) in [5.74, 6) is -1.13. The van der Waals surface area contributed by atoms with Crippen LogP contribution < -0.4 is 5.32 Å². The highest BCUT2D eigenvalue weighted by Gasteiger charge is 2.06. The normalized spacial score (nSPS) is 10.4. The van der Waals surface area contributed by atoms with E-state index in [1.165, 1.54) is 12.5 Å². The maximum absolute atomic E-state index is 11.4. The molecule has 0 bridgehead atoms. The van der Waals surface area contributed by atoms with E-state index in [2.05, 4.69) is 10.3 Å². The van der Waals surface area contributed by atoms with E-state index in [1.54, 1.807) is 4.57 Å². The lowest BCUT2D eigenvalue weighted by Gasteiger charge is -2.06. The fraction of sp³-hybridized carbons (Fsp3) is 0.583. The molecular formula is C12H19N3O4. The van der Waals surface area contributed by atoms with Crippen LogP contribution in [0.5, 0.6) is 0 Å². The number of rotatable bonds is 9. The molecule has 0 aromatic carbocycles. The lowest BCUT2D eigenvalue weighted by atomic mass is 10.4. The Hall–Kier alpha value is -1.89. The third-order valence-corrected chi connectivity index (χ3v) is 2.37. The highest BCUT2D eigenvalue weighted by Crippen LogP contribution is 1.95. The number of ether oxygens (including phenoxy) is 1. The fourth-order valence-electron chi connectivity index (χ4n) is 1.42. The second kappa shape index (κ2) is 8.25. The first-order chi connectivity index (χ1) is 9.13. The van der Waals surface area contributed by atoms with Gasteiger partial charge in [0.15, 0.2) is 5.69 Å². The third-order valence-electron chi connectivity index (χ3n) is 2.37. The molecule has 1 heterocycles. The van der Waals surface area contributed by atoms with Gasteiger partial charge < -0.3 is 19.7 Å². The number of aromatic nitrogens is 2. The van der Waals surface area contributed by atoms with E-state index in [-0.39, 0.29) is 11.6 Å². The molecule has 0 saturated heterocycles. The molecule has 0 aliphatic heterocycles. The molecule has 1 aromatic heterocycles. The lowest BCUT2D eigenvalue weighted by molar-refractivity contribution is -0.122. The zero-order chi connectivity index (χ0) is 14.1. The zero-order valence-corrected chi connectivity index (χ0v) is 11.0.